The summed E-state index contributed by atoms with van der Waals surface area (Å²) in [6, 6.07) is 5.37. The summed E-state index contributed by atoms with van der Waals surface area (Å²) < 4.78 is 37.8. The van der Waals surface area contributed by atoms with Crippen LogP contribution in [-0.2, 0) is 6.18 Å². The first-order valence-electron chi connectivity index (χ1n) is 6.68. The fourth-order valence-corrected chi connectivity index (χ4v) is 2.48. The molecule has 1 rings (SSSR count). The Hall–Kier alpha value is -1.07. The first-order valence-corrected chi connectivity index (χ1v) is 6.68. The van der Waals surface area contributed by atoms with Gasteiger partial charge < -0.3 is 10.2 Å². The van der Waals surface area contributed by atoms with Gasteiger partial charge in [0, 0.05) is 5.54 Å². The van der Waals surface area contributed by atoms with Crippen LogP contribution in [0.5, 0.6) is 0 Å². The first kappa shape index (κ1) is 17.0. The van der Waals surface area contributed by atoms with E-state index < -0.39 is 11.7 Å². The molecule has 0 spiro atoms. The molecule has 0 radical (unpaired) electrons. The van der Waals surface area contributed by atoms with Gasteiger partial charge in [-0.1, -0.05) is 19.1 Å². The number of hydrogen-bond donors (Lipinski definition) is 1. The Labute approximate surface area is 119 Å². The van der Waals surface area contributed by atoms with Gasteiger partial charge in [0.05, 0.1) is 11.6 Å². The summed E-state index contributed by atoms with van der Waals surface area (Å²) in [5.41, 5.74) is 0.0758. The van der Waals surface area contributed by atoms with Crippen LogP contribution < -0.4 is 5.32 Å². The van der Waals surface area contributed by atoms with Gasteiger partial charge in [-0.3, -0.25) is 0 Å². The Kier molecular flexibility index (Phi) is 5.21. The SMILES string of the molecule is CCC(C)(C(NC)c1ccc(C(F)(F)F)cc1)N(C)C. The van der Waals surface area contributed by atoms with E-state index in [1.54, 1.807) is 12.1 Å². The predicted molar refractivity (Wildman–Crippen MR) is 75.6 cm³/mol. The highest BCUT2D eigenvalue weighted by molar-refractivity contribution is 5.29. The zero-order chi connectivity index (χ0) is 15.6. The topological polar surface area (TPSA) is 15.3 Å². The van der Waals surface area contributed by atoms with E-state index >= 15 is 0 Å². The van der Waals surface area contributed by atoms with Crippen molar-refractivity contribution >= 4 is 0 Å². The number of alkyl halides is 3. The smallest absolute Gasteiger partial charge is 0.311 e. The van der Waals surface area contributed by atoms with E-state index in [0.717, 1.165) is 24.1 Å². The van der Waals surface area contributed by atoms with E-state index in [2.05, 4.69) is 24.1 Å². The molecule has 0 bridgehead atoms. The minimum absolute atomic E-state index is 0.0372. The summed E-state index contributed by atoms with van der Waals surface area (Å²) in [4.78, 5) is 2.10. The number of rotatable bonds is 5. The quantitative estimate of drug-likeness (QED) is 0.889. The largest absolute Gasteiger partial charge is 0.416 e. The van der Waals surface area contributed by atoms with Gasteiger partial charge in [-0.05, 0) is 52.2 Å². The lowest BCUT2D eigenvalue weighted by molar-refractivity contribution is -0.137. The van der Waals surface area contributed by atoms with Crippen LogP contribution in [0, 0.1) is 0 Å². The number of likely N-dealkylation sites (N-methyl/N-ethyl adjacent to an activating group) is 2. The van der Waals surface area contributed by atoms with E-state index in [9.17, 15) is 13.2 Å². The molecule has 20 heavy (non-hydrogen) atoms. The van der Waals surface area contributed by atoms with Crippen molar-refractivity contribution in [2.45, 2.75) is 38.0 Å². The average Bonchev–Trinajstić information content (AvgIpc) is 2.38. The lowest BCUT2D eigenvalue weighted by atomic mass is 9.83. The van der Waals surface area contributed by atoms with Crippen LogP contribution in [0.4, 0.5) is 13.2 Å². The number of hydrogen-bond acceptors (Lipinski definition) is 2. The van der Waals surface area contributed by atoms with Gasteiger partial charge >= 0.3 is 6.18 Å². The Morgan fingerprint density at radius 1 is 1.15 bits per heavy atom. The molecular weight excluding hydrogens is 265 g/mol. The summed E-state index contributed by atoms with van der Waals surface area (Å²) in [5, 5.41) is 3.23. The maximum absolute atomic E-state index is 12.6. The van der Waals surface area contributed by atoms with Crippen LogP contribution in [0.15, 0.2) is 24.3 Å². The number of nitrogens with zero attached hydrogens (tertiary/aromatic N) is 1. The zero-order valence-electron chi connectivity index (χ0n) is 12.7. The van der Waals surface area contributed by atoms with Crippen LogP contribution in [0.2, 0.25) is 0 Å². The van der Waals surface area contributed by atoms with Crippen LogP contribution in [0.1, 0.15) is 37.4 Å². The van der Waals surface area contributed by atoms with E-state index in [1.165, 1.54) is 0 Å². The molecule has 0 saturated heterocycles. The molecule has 0 saturated carbocycles. The highest BCUT2D eigenvalue weighted by Gasteiger charge is 2.36. The maximum Gasteiger partial charge on any atom is 0.416 e. The fraction of sp³-hybridized carbons (Fsp3) is 0.600. The lowest BCUT2D eigenvalue weighted by Crippen LogP contribution is -2.50. The normalized spacial score (nSPS) is 17.1. The molecule has 1 aromatic rings. The molecule has 0 fully saturated rings. The molecular formula is C15H23F3N2. The third kappa shape index (κ3) is 3.33. The molecule has 2 atom stereocenters. The van der Waals surface area contributed by atoms with Crippen molar-refractivity contribution in [3.63, 3.8) is 0 Å². The second kappa shape index (κ2) is 6.14. The van der Waals surface area contributed by atoms with Gasteiger partial charge in [0.1, 0.15) is 0 Å². The van der Waals surface area contributed by atoms with Crippen LogP contribution in [-0.4, -0.2) is 31.6 Å². The Morgan fingerprint density at radius 2 is 1.65 bits per heavy atom. The third-order valence-electron chi connectivity index (χ3n) is 4.22. The van der Waals surface area contributed by atoms with E-state index in [0.29, 0.717) is 0 Å². The summed E-state index contributed by atoms with van der Waals surface area (Å²) in [5.74, 6) is 0. The number of benzene rings is 1. The monoisotopic (exact) mass is 288 g/mol. The van der Waals surface area contributed by atoms with Crippen molar-refractivity contribution in [1.29, 1.82) is 0 Å². The molecule has 0 aromatic heterocycles. The van der Waals surface area contributed by atoms with Gasteiger partial charge in [0.25, 0.3) is 0 Å². The molecule has 0 amide bonds. The molecule has 0 aliphatic rings. The molecule has 0 aliphatic carbocycles. The van der Waals surface area contributed by atoms with Crippen molar-refractivity contribution in [2.24, 2.45) is 0 Å². The molecule has 0 aliphatic heterocycles. The minimum atomic E-state index is -4.29. The van der Waals surface area contributed by atoms with E-state index in [-0.39, 0.29) is 11.6 Å². The van der Waals surface area contributed by atoms with Gasteiger partial charge in [-0.25, -0.2) is 0 Å². The van der Waals surface area contributed by atoms with Crippen molar-refractivity contribution < 1.29 is 13.2 Å². The van der Waals surface area contributed by atoms with Gasteiger partial charge in [0.15, 0.2) is 0 Å². The van der Waals surface area contributed by atoms with Gasteiger partial charge in [-0.2, -0.15) is 13.2 Å². The molecule has 1 aromatic carbocycles. The Balaban J connectivity index is 3.14. The van der Waals surface area contributed by atoms with Gasteiger partial charge in [-0.15, -0.1) is 0 Å². The fourth-order valence-electron chi connectivity index (χ4n) is 2.48. The highest BCUT2D eigenvalue weighted by Crippen LogP contribution is 2.34. The Bertz CT molecular complexity index is 426. The first-order chi connectivity index (χ1) is 9.16. The second-order valence-electron chi connectivity index (χ2n) is 5.45. The third-order valence-corrected chi connectivity index (χ3v) is 4.22. The van der Waals surface area contributed by atoms with Crippen LogP contribution in [0.3, 0.4) is 0 Å². The van der Waals surface area contributed by atoms with Crippen LogP contribution >= 0.6 is 0 Å². The van der Waals surface area contributed by atoms with Crippen molar-refractivity contribution in [1.82, 2.24) is 10.2 Å². The van der Waals surface area contributed by atoms with E-state index in [1.807, 2.05) is 21.1 Å². The number of nitrogens with one attached hydrogen (secondary N) is 1. The molecule has 0 heterocycles. The van der Waals surface area contributed by atoms with Crippen molar-refractivity contribution in [3.05, 3.63) is 35.4 Å². The molecule has 1 N–H and O–H groups in total. The van der Waals surface area contributed by atoms with Crippen molar-refractivity contribution in [3.8, 4) is 0 Å². The van der Waals surface area contributed by atoms with Crippen LogP contribution in [0.25, 0.3) is 0 Å². The molecule has 114 valence electrons. The van der Waals surface area contributed by atoms with Gasteiger partial charge in [0.2, 0.25) is 0 Å². The lowest BCUT2D eigenvalue weighted by Gasteiger charge is -2.43. The standard InChI is InChI=1S/C15H23F3N2/c1-6-14(2,20(4)5)13(19-3)11-7-9-12(10-8-11)15(16,17)18/h7-10,13,19H,6H2,1-5H3. The second-order valence-corrected chi connectivity index (χ2v) is 5.45. The highest BCUT2D eigenvalue weighted by atomic mass is 19.4. The molecule has 2 nitrogen and oxygen atoms in total. The zero-order valence-corrected chi connectivity index (χ0v) is 12.7. The summed E-state index contributed by atoms with van der Waals surface area (Å²) in [7, 11) is 5.80. The number of halogens is 3. The predicted octanol–water partition coefficient (Wildman–Crippen LogP) is 3.70. The Morgan fingerprint density at radius 3 is 1.95 bits per heavy atom. The summed E-state index contributed by atoms with van der Waals surface area (Å²) >= 11 is 0. The molecule has 2 unspecified atom stereocenters. The summed E-state index contributed by atoms with van der Waals surface area (Å²) in [6.45, 7) is 4.18. The minimum Gasteiger partial charge on any atom is -0.311 e. The average molecular weight is 288 g/mol. The summed E-state index contributed by atoms with van der Waals surface area (Å²) in [6.07, 6.45) is -3.41. The van der Waals surface area contributed by atoms with Crippen molar-refractivity contribution in [2.75, 3.05) is 21.1 Å². The maximum atomic E-state index is 12.6. The molecule has 5 heteroatoms. The van der Waals surface area contributed by atoms with E-state index in [4.69, 9.17) is 0 Å².